The molecule has 1 N–H and O–H groups in total. The highest BCUT2D eigenvalue weighted by Gasteiger charge is 2.28. The lowest BCUT2D eigenvalue weighted by Gasteiger charge is -2.34. The summed E-state index contributed by atoms with van der Waals surface area (Å²) >= 11 is 3.45. The highest BCUT2D eigenvalue weighted by atomic mass is 32.2. The van der Waals surface area contributed by atoms with Crippen LogP contribution in [0.15, 0.2) is 17.5 Å². The molecule has 0 aromatic carbocycles. The fourth-order valence-electron chi connectivity index (χ4n) is 2.37. The molecule has 1 aliphatic rings. The largest absolute Gasteiger partial charge is 0.481 e. The van der Waals surface area contributed by atoms with Crippen LogP contribution in [0.1, 0.15) is 24.1 Å². The lowest BCUT2D eigenvalue weighted by molar-refractivity contribution is -0.140. The van der Waals surface area contributed by atoms with Crippen LogP contribution in [-0.2, 0) is 16.0 Å². The minimum atomic E-state index is -0.825. The zero-order valence-corrected chi connectivity index (χ0v) is 12.9. The molecule has 1 aliphatic heterocycles. The monoisotopic (exact) mass is 313 g/mol. The molecule has 1 saturated heterocycles. The molecule has 1 unspecified atom stereocenters. The number of carboxylic acids is 1. The van der Waals surface area contributed by atoms with Gasteiger partial charge in [-0.2, -0.15) is 11.8 Å². The molecule has 0 aliphatic carbocycles. The van der Waals surface area contributed by atoms with Crippen molar-refractivity contribution in [3.05, 3.63) is 22.4 Å². The van der Waals surface area contributed by atoms with Crippen molar-refractivity contribution in [1.82, 2.24) is 4.90 Å². The van der Waals surface area contributed by atoms with E-state index in [-0.39, 0.29) is 18.4 Å². The van der Waals surface area contributed by atoms with Crippen molar-refractivity contribution in [2.45, 2.75) is 31.7 Å². The number of carboxylic acid groups (broad SMARTS) is 1. The molecule has 1 atom stereocenters. The molecule has 0 spiro atoms. The quantitative estimate of drug-likeness (QED) is 0.876. The van der Waals surface area contributed by atoms with Gasteiger partial charge in [0.2, 0.25) is 5.91 Å². The Balaban J connectivity index is 1.81. The molecule has 1 amide bonds. The maximum atomic E-state index is 12.2. The Hall–Kier alpha value is -1.01. The minimum Gasteiger partial charge on any atom is -0.481 e. The molecule has 0 saturated carbocycles. The summed E-state index contributed by atoms with van der Waals surface area (Å²) in [5, 5.41) is 11.0. The van der Waals surface area contributed by atoms with Gasteiger partial charge in [0.15, 0.2) is 0 Å². The number of carbonyl (C=O) groups is 2. The van der Waals surface area contributed by atoms with Crippen molar-refractivity contribution in [1.29, 1.82) is 0 Å². The van der Waals surface area contributed by atoms with E-state index in [4.69, 9.17) is 5.11 Å². The van der Waals surface area contributed by atoms with Crippen LogP contribution < -0.4 is 0 Å². The molecule has 0 radical (unpaired) electrons. The molecule has 20 heavy (non-hydrogen) atoms. The van der Waals surface area contributed by atoms with Crippen LogP contribution in [0, 0.1) is 0 Å². The second kappa shape index (κ2) is 7.69. The third kappa shape index (κ3) is 4.52. The van der Waals surface area contributed by atoms with Gasteiger partial charge in [-0.1, -0.05) is 6.07 Å². The Kier molecular flexibility index (Phi) is 5.91. The number of aryl methyl sites for hydroxylation is 1. The van der Waals surface area contributed by atoms with E-state index in [0.29, 0.717) is 13.0 Å². The number of rotatable bonds is 6. The van der Waals surface area contributed by atoms with Crippen LogP contribution in [0.5, 0.6) is 0 Å². The summed E-state index contributed by atoms with van der Waals surface area (Å²) in [6.07, 6.45) is 2.33. The summed E-state index contributed by atoms with van der Waals surface area (Å²) in [6.45, 7) is 0.681. The average Bonchev–Trinajstić information content (AvgIpc) is 2.91. The van der Waals surface area contributed by atoms with Crippen molar-refractivity contribution < 1.29 is 14.7 Å². The van der Waals surface area contributed by atoms with E-state index < -0.39 is 5.97 Å². The van der Waals surface area contributed by atoms with E-state index >= 15 is 0 Å². The number of carbonyl (C=O) groups excluding carboxylic acids is 1. The van der Waals surface area contributed by atoms with Gasteiger partial charge >= 0.3 is 5.97 Å². The fraction of sp³-hybridized carbons (Fsp3) is 0.571. The fourth-order valence-corrected chi connectivity index (χ4v) is 4.18. The topological polar surface area (TPSA) is 57.6 Å². The van der Waals surface area contributed by atoms with E-state index in [2.05, 4.69) is 6.07 Å². The van der Waals surface area contributed by atoms with Crippen LogP contribution >= 0.6 is 23.1 Å². The number of thioether (sulfide) groups is 1. The molecule has 1 fully saturated rings. The van der Waals surface area contributed by atoms with Crippen molar-refractivity contribution in [2.75, 3.05) is 18.1 Å². The second-order valence-corrected chi connectivity index (χ2v) is 7.03. The summed E-state index contributed by atoms with van der Waals surface area (Å²) in [7, 11) is 0. The van der Waals surface area contributed by atoms with Gasteiger partial charge in [-0.25, -0.2) is 0 Å². The Morgan fingerprint density at radius 2 is 2.30 bits per heavy atom. The van der Waals surface area contributed by atoms with Crippen LogP contribution in [0.2, 0.25) is 0 Å². The second-order valence-electron chi connectivity index (χ2n) is 4.85. The first-order valence-electron chi connectivity index (χ1n) is 6.78. The zero-order chi connectivity index (χ0) is 14.4. The van der Waals surface area contributed by atoms with Gasteiger partial charge < -0.3 is 10.0 Å². The van der Waals surface area contributed by atoms with Crippen molar-refractivity contribution in [3.63, 3.8) is 0 Å². The normalized spacial score (nSPS) is 19.0. The first-order valence-corrected chi connectivity index (χ1v) is 8.81. The van der Waals surface area contributed by atoms with Crippen molar-refractivity contribution in [3.8, 4) is 0 Å². The predicted molar refractivity (Wildman–Crippen MR) is 82.3 cm³/mol. The molecule has 0 bridgehead atoms. The standard InChI is InChI=1S/C14H19NO3S2/c16-13(5-1-3-12-4-2-7-20-12)15-6-8-19-10-11(15)9-14(17)18/h2,4,7,11H,1,3,5-6,8-10H2,(H,17,18). The Morgan fingerprint density at radius 1 is 1.45 bits per heavy atom. The smallest absolute Gasteiger partial charge is 0.305 e. The highest BCUT2D eigenvalue weighted by molar-refractivity contribution is 7.99. The Labute approximate surface area is 127 Å². The molecule has 1 aromatic heterocycles. The number of nitrogens with zero attached hydrogens (tertiary/aromatic N) is 1. The summed E-state index contributed by atoms with van der Waals surface area (Å²) in [4.78, 5) is 26.2. The van der Waals surface area contributed by atoms with Gasteiger partial charge in [-0.05, 0) is 24.3 Å². The van der Waals surface area contributed by atoms with E-state index in [1.165, 1.54) is 4.88 Å². The summed E-state index contributed by atoms with van der Waals surface area (Å²) in [5.41, 5.74) is 0. The van der Waals surface area contributed by atoms with Gasteiger partial charge in [0.1, 0.15) is 0 Å². The number of hydrogen-bond acceptors (Lipinski definition) is 4. The van der Waals surface area contributed by atoms with Crippen LogP contribution in [0.25, 0.3) is 0 Å². The summed E-state index contributed by atoms with van der Waals surface area (Å²) < 4.78 is 0. The van der Waals surface area contributed by atoms with E-state index in [9.17, 15) is 9.59 Å². The first kappa shape index (κ1) is 15.4. The van der Waals surface area contributed by atoms with Crippen molar-refractivity contribution in [2.24, 2.45) is 0 Å². The summed E-state index contributed by atoms with van der Waals surface area (Å²) in [6, 6.07) is 3.97. The Bertz CT molecular complexity index is 447. The van der Waals surface area contributed by atoms with E-state index in [0.717, 1.165) is 24.3 Å². The van der Waals surface area contributed by atoms with Crippen LogP contribution in [0.3, 0.4) is 0 Å². The highest BCUT2D eigenvalue weighted by Crippen LogP contribution is 2.21. The lowest BCUT2D eigenvalue weighted by Crippen LogP contribution is -2.47. The number of thiophene rings is 1. The predicted octanol–water partition coefficient (Wildman–Crippen LogP) is 2.49. The Morgan fingerprint density at radius 3 is 3.00 bits per heavy atom. The maximum absolute atomic E-state index is 12.2. The molecular formula is C14H19NO3S2. The average molecular weight is 313 g/mol. The molecule has 110 valence electrons. The number of amides is 1. The van der Waals surface area contributed by atoms with Gasteiger partial charge in [0.05, 0.1) is 12.5 Å². The molecule has 4 nitrogen and oxygen atoms in total. The maximum Gasteiger partial charge on any atom is 0.305 e. The third-order valence-electron chi connectivity index (χ3n) is 3.35. The van der Waals surface area contributed by atoms with Gasteiger partial charge in [0.25, 0.3) is 0 Å². The summed E-state index contributed by atoms with van der Waals surface area (Å²) in [5.74, 6) is 0.928. The van der Waals surface area contributed by atoms with Gasteiger partial charge in [-0.3, -0.25) is 9.59 Å². The molecule has 6 heteroatoms. The van der Waals surface area contributed by atoms with E-state index in [1.807, 2.05) is 11.4 Å². The van der Waals surface area contributed by atoms with Gasteiger partial charge in [-0.15, -0.1) is 11.3 Å². The molecular weight excluding hydrogens is 294 g/mol. The van der Waals surface area contributed by atoms with E-state index in [1.54, 1.807) is 28.0 Å². The number of aliphatic carboxylic acids is 1. The zero-order valence-electron chi connectivity index (χ0n) is 11.3. The molecule has 1 aromatic rings. The third-order valence-corrected chi connectivity index (χ3v) is 5.38. The van der Waals surface area contributed by atoms with Gasteiger partial charge in [0, 0.05) is 29.3 Å². The first-order chi connectivity index (χ1) is 9.66. The van der Waals surface area contributed by atoms with Crippen molar-refractivity contribution >= 4 is 35.0 Å². The molecule has 2 rings (SSSR count). The lowest BCUT2D eigenvalue weighted by atomic mass is 10.1. The molecule has 2 heterocycles. The minimum absolute atomic E-state index is 0.0592. The van der Waals surface area contributed by atoms with Crippen LogP contribution in [-0.4, -0.2) is 46.0 Å². The number of hydrogen-bond donors (Lipinski definition) is 1. The SMILES string of the molecule is O=C(O)CC1CSCCN1C(=O)CCCc1cccs1. The van der Waals surface area contributed by atoms with Crippen LogP contribution in [0.4, 0.5) is 0 Å².